The molecule has 0 aliphatic carbocycles. The molecule has 1 heterocycles. The summed E-state index contributed by atoms with van der Waals surface area (Å²) in [5.41, 5.74) is 10.8. The summed E-state index contributed by atoms with van der Waals surface area (Å²) >= 11 is 1.88. The molecule has 1 nitrogen and oxygen atoms in total. The summed E-state index contributed by atoms with van der Waals surface area (Å²) in [5, 5.41) is 5.18. The molecule has 0 radical (unpaired) electrons. The zero-order chi connectivity index (χ0) is 31.9. The zero-order valence-corrected chi connectivity index (χ0v) is 27.1. The van der Waals surface area contributed by atoms with Gasteiger partial charge in [0.25, 0.3) is 0 Å². The van der Waals surface area contributed by atoms with Crippen LogP contribution in [0.25, 0.3) is 64.3 Å². The highest BCUT2D eigenvalue weighted by Gasteiger charge is 2.16. The number of rotatable bonds is 6. The van der Waals surface area contributed by atoms with Crippen molar-refractivity contribution in [3.63, 3.8) is 0 Å². The maximum atomic E-state index is 2.33. The van der Waals surface area contributed by atoms with Crippen molar-refractivity contribution >= 4 is 59.3 Å². The first-order valence-electron chi connectivity index (χ1n) is 16.4. The van der Waals surface area contributed by atoms with Crippen LogP contribution in [0.1, 0.15) is 0 Å². The first kappa shape index (κ1) is 28.3. The maximum absolute atomic E-state index is 2.33. The van der Waals surface area contributed by atoms with Crippen LogP contribution >= 0.6 is 11.3 Å². The predicted molar refractivity (Wildman–Crippen MR) is 208 cm³/mol. The molecular weight excluding hydrogens is 599 g/mol. The lowest BCUT2D eigenvalue weighted by Gasteiger charge is -2.26. The Bertz CT molecular complexity index is 2540. The molecule has 0 fully saturated rings. The zero-order valence-electron chi connectivity index (χ0n) is 26.3. The molecule has 0 aliphatic rings. The van der Waals surface area contributed by atoms with E-state index in [0.717, 1.165) is 17.1 Å². The number of para-hydroxylation sites is 1. The van der Waals surface area contributed by atoms with Gasteiger partial charge in [0.15, 0.2) is 0 Å². The van der Waals surface area contributed by atoms with Gasteiger partial charge in [-0.2, -0.15) is 0 Å². The highest BCUT2D eigenvalue weighted by atomic mass is 32.1. The first-order valence-corrected chi connectivity index (χ1v) is 17.2. The van der Waals surface area contributed by atoms with Crippen molar-refractivity contribution in [2.45, 2.75) is 0 Å². The van der Waals surface area contributed by atoms with Crippen LogP contribution < -0.4 is 4.90 Å². The molecule has 48 heavy (non-hydrogen) atoms. The number of fused-ring (bicyclic) bond motifs is 4. The molecule has 0 atom stereocenters. The largest absolute Gasteiger partial charge is 0.311 e. The predicted octanol–water partition coefficient (Wildman–Crippen LogP) is 13.7. The lowest BCUT2D eigenvalue weighted by atomic mass is 9.93. The van der Waals surface area contributed by atoms with E-state index in [2.05, 4.69) is 193 Å². The van der Waals surface area contributed by atoms with Crippen molar-refractivity contribution in [2.24, 2.45) is 0 Å². The molecule has 2 heteroatoms. The Kier molecular flexibility index (Phi) is 7.07. The van der Waals surface area contributed by atoms with E-state index in [1.807, 2.05) is 11.3 Å². The second-order valence-electron chi connectivity index (χ2n) is 12.1. The van der Waals surface area contributed by atoms with Crippen LogP contribution in [-0.4, -0.2) is 0 Å². The summed E-state index contributed by atoms with van der Waals surface area (Å²) in [6.07, 6.45) is 0. The van der Waals surface area contributed by atoms with Crippen molar-refractivity contribution in [3.8, 4) is 33.4 Å². The minimum atomic E-state index is 1.12. The van der Waals surface area contributed by atoms with Gasteiger partial charge >= 0.3 is 0 Å². The van der Waals surface area contributed by atoms with Gasteiger partial charge in [0.2, 0.25) is 0 Å². The van der Waals surface area contributed by atoms with E-state index in [1.165, 1.54) is 64.3 Å². The van der Waals surface area contributed by atoms with Crippen LogP contribution in [0.4, 0.5) is 17.1 Å². The quantitative estimate of drug-likeness (QED) is 0.177. The molecular formula is C46H31NS. The number of nitrogens with zero attached hydrogens (tertiary/aromatic N) is 1. The van der Waals surface area contributed by atoms with Crippen LogP contribution in [0, 0.1) is 0 Å². The van der Waals surface area contributed by atoms with Gasteiger partial charge in [-0.05, 0) is 81.1 Å². The Labute approximate surface area is 284 Å². The van der Waals surface area contributed by atoms with Crippen LogP contribution in [-0.2, 0) is 0 Å². The van der Waals surface area contributed by atoms with E-state index in [4.69, 9.17) is 0 Å². The third-order valence-electron chi connectivity index (χ3n) is 9.30. The summed E-state index contributed by atoms with van der Waals surface area (Å²) in [7, 11) is 0. The van der Waals surface area contributed by atoms with Crippen molar-refractivity contribution in [3.05, 3.63) is 188 Å². The summed E-state index contributed by atoms with van der Waals surface area (Å²) in [6.45, 7) is 0. The molecule has 0 amide bonds. The fraction of sp³-hybridized carbons (Fsp3) is 0. The summed E-state index contributed by atoms with van der Waals surface area (Å²) in [6, 6.07) is 68.0. The molecule has 0 saturated heterocycles. The minimum absolute atomic E-state index is 1.12. The summed E-state index contributed by atoms with van der Waals surface area (Å²) in [5.74, 6) is 0. The van der Waals surface area contributed by atoms with Crippen molar-refractivity contribution in [1.29, 1.82) is 0 Å². The summed E-state index contributed by atoms with van der Waals surface area (Å²) < 4.78 is 2.66. The molecule has 1 aromatic heterocycles. The molecule has 0 bridgehead atoms. The van der Waals surface area contributed by atoms with Gasteiger partial charge in [-0.15, -0.1) is 11.3 Å². The minimum Gasteiger partial charge on any atom is -0.311 e. The average molecular weight is 630 g/mol. The van der Waals surface area contributed by atoms with Gasteiger partial charge in [0.05, 0.1) is 0 Å². The number of benzene rings is 8. The van der Waals surface area contributed by atoms with Crippen LogP contribution in [0.3, 0.4) is 0 Å². The Balaban J connectivity index is 1.10. The van der Waals surface area contributed by atoms with Crippen molar-refractivity contribution in [2.75, 3.05) is 4.90 Å². The van der Waals surface area contributed by atoms with Crippen molar-refractivity contribution < 1.29 is 0 Å². The topological polar surface area (TPSA) is 3.24 Å². The van der Waals surface area contributed by atoms with E-state index < -0.39 is 0 Å². The van der Waals surface area contributed by atoms with Gasteiger partial charge in [-0.3, -0.25) is 0 Å². The lowest BCUT2D eigenvalue weighted by Crippen LogP contribution is -2.09. The van der Waals surface area contributed by atoms with Crippen LogP contribution in [0.2, 0.25) is 0 Å². The molecule has 226 valence electrons. The van der Waals surface area contributed by atoms with E-state index in [0.29, 0.717) is 0 Å². The normalized spacial score (nSPS) is 11.3. The van der Waals surface area contributed by atoms with Gasteiger partial charge in [0.1, 0.15) is 0 Å². The second-order valence-corrected chi connectivity index (χ2v) is 13.2. The number of hydrogen-bond acceptors (Lipinski definition) is 2. The highest BCUT2D eigenvalue weighted by Crippen LogP contribution is 2.43. The highest BCUT2D eigenvalue weighted by molar-refractivity contribution is 7.26. The Morgan fingerprint density at radius 1 is 0.312 bits per heavy atom. The fourth-order valence-corrected chi connectivity index (χ4v) is 8.24. The van der Waals surface area contributed by atoms with Gasteiger partial charge in [-0.25, -0.2) is 0 Å². The average Bonchev–Trinajstić information content (AvgIpc) is 3.55. The third-order valence-corrected chi connectivity index (χ3v) is 10.5. The Morgan fingerprint density at radius 3 is 1.58 bits per heavy atom. The molecule has 8 aromatic carbocycles. The molecule has 9 rings (SSSR count). The number of anilines is 3. The fourth-order valence-electron chi connectivity index (χ4n) is 7.01. The summed E-state index contributed by atoms with van der Waals surface area (Å²) in [4.78, 5) is 2.33. The Morgan fingerprint density at radius 2 is 0.812 bits per heavy atom. The van der Waals surface area contributed by atoms with Gasteiger partial charge < -0.3 is 4.90 Å². The van der Waals surface area contributed by atoms with E-state index >= 15 is 0 Å². The number of hydrogen-bond donors (Lipinski definition) is 0. The van der Waals surface area contributed by atoms with Crippen LogP contribution in [0.5, 0.6) is 0 Å². The molecule has 9 aromatic rings. The van der Waals surface area contributed by atoms with Gasteiger partial charge in [-0.1, -0.05) is 146 Å². The maximum Gasteiger partial charge on any atom is 0.0462 e. The molecule has 0 unspecified atom stereocenters. The van der Waals surface area contributed by atoms with Gasteiger partial charge in [0, 0.05) is 42.8 Å². The SMILES string of the molecule is c1ccc(N(c2ccc(-c3ccccc3-c3cccc4c3sc3ccccc34)cc2)c2ccc(-c3cccc4ccccc34)cc2)cc1. The number of thiophene rings is 1. The Hall–Kier alpha value is -5.96. The third kappa shape index (κ3) is 4.95. The molecule has 0 saturated carbocycles. The van der Waals surface area contributed by atoms with E-state index in [-0.39, 0.29) is 0 Å². The molecule has 0 spiro atoms. The van der Waals surface area contributed by atoms with Crippen LogP contribution in [0.15, 0.2) is 188 Å². The van der Waals surface area contributed by atoms with Crippen molar-refractivity contribution in [1.82, 2.24) is 0 Å². The second kappa shape index (κ2) is 12.0. The smallest absolute Gasteiger partial charge is 0.0462 e. The molecule has 0 aliphatic heterocycles. The molecule has 0 N–H and O–H groups in total. The lowest BCUT2D eigenvalue weighted by molar-refractivity contribution is 1.28. The van der Waals surface area contributed by atoms with E-state index in [9.17, 15) is 0 Å². The first-order chi connectivity index (χ1) is 23.8. The standard InChI is InChI=1S/C46H31NS/c1-2-14-35(15-3-1)47(36-28-24-33(25-29-36)39-20-10-13-32-12-4-5-16-38(32)39)37-30-26-34(27-31-37)40-17-6-7-18-41(40)43-21-11-22-44-42-19-8-9-23-45(42)48-46(43)44/h1-31H. The monoisotopic (exact) mass is 629 g/mol. The van der Waals surface area contributed by atoms with E-state index in [1.54, 1.807) is 0 Å².